The monoisotopic (exact) mass is 318 g/mol. The van der Waals surface area contributed by atoms with E-state index in [0.29, 0.717) is 0 Å². The summed E-state index contributed by atoms with van der Waals surface area (Å²) in [6.07, 6.45) is 4.93. The Balaban J connectivity index is 1.59. The molecule has 0 spiro atoms. The molecule has 120 valence electrons. The van der Waals surface area contributed by atoms with Gasteiger partial charge in [0.2, 0.25) is 0 Å². The van der Waals surface area contributed by atoms with Crippen LogP contribution in [-0.2, 0) is 4.79 Å². The van der Waals surface area contributed by atoms with Crippen LogP contribution in [0.5, 0.6) is 0 Å². The van der Waals surface area contributed by atoms with E-state index in [2.05, 4.69) is 26.9 Å². The maximum Gasteiger partial charge on any atom is 0.262 e. The van der Waals surface area contributed by atoms with E-state index in [0.717, 1.165) is 16.6 Å². The lowest BCUT2D eigenvalue weighted by Crippen LogP contribution is -2.34. The quantitative estimate of drug-likeness (QED) is 0.561. The lowest BCUT2D eigenvalue weighted by Gasteiger charge is -2.14. The van der Waals surface area contributed by atoms with Gasteiger partial charge in [0.25, 0.3) is 5.91 Å². The average Bonchev–Trinajstić information content (AvgIpc) is 2.62. The number of anilines is 1. The third-order valence-electron chi connectivity index (χ3n) is 3.62. The molecule has 2 N–H and O–H groups in total. The number of amides is 1. The summed E-state index contributed by atoms with van der Waals surface area (Å²) in [4.78, 5) is 16.0. The van der Waals surface area contributed by atoms with Gasteiger partial charge < -0.3 is 5.32 Å². The minimum absolute atomic E-state index is 0.200. The first-order valence-corrected chi connectivity index (χ1v) is 7.71. The number of fused-ring (bicyclic) bond motifs is 1. The summed E-state index contributed by atoms with van der Waals surface area (Å²) in [5.41, 5.74) is 4.31. The van der Waals surface area contributed by atoms with E-state index in [1.165, 1.54) is 5.39 Å². The molecule has 0 aliphatic heterocycles. The molecule has 24 heavy (non-hydrogen) atoms. The Morgan fingerprint density at radius 3 is 2.62 bits per heavy atom. The third-order valence-corrected chi connectivity index (χ3v) is 3.62. The van der Waals surface area contributed by atoms with E-state index in [1.807, 2.05) is 48.5 Å². The summed E-state index contributed by atoms with van der Waals surface area (Å²) in [7, 11) is 0. The number of nitrogens with one attached hydrogen (secondary N) is 2. The number of hydrazone groups is 1. The zero-order chi connectivity index (χ0) is 16.8. The Labute approximate surface area is 140 Å². The molecule has 3 aromatic rings. The first kappa shape index (κ1) is 15.7. The van der Waals surface area contributed by atoms with Gasteiger partial charge in [-0.25, -0.2) is 5.43 Å². The molecular formula is C19H18N4O. The lowest BCUT2D eigenvalue weighted by atomic mass is 10.1. The van der Waals surface area contributed by atoms with Gasteiger partial charge in [0.05, 0.1) is 6.21 Å². The molecule has 0 aliphatic rings. The molecule has 0 aliphatic carbocycles. The predicted molar refractivity (Wildman–Crippen MR) is 97.0 cm³/mol. The Hall–Kier alpha value is -3.21. The average molecular weight is 318 g/mol. The van der Waals surface area contributed by atoms with Gasteiger partial charge >= 0.3 is 0 Å². The summed E-state index contributed by atoms with van der Waals surface area (Å²) in [6, 6.07) is 17.4. The van der Waals surface area contributed by atoms with Crippen LogP contribution in [0.15, 0.2) is 72.1 Å². The Morgan fingerprint density at radius 2 is 1.83 bits per heavy atom. The van der Waals surface area contributed by atoms with E-state index in [1.54, 1.807) is 25.5 Å². The molecular weight excluding hydrogens is 300 g/mol. The molecule has 0 fully saturated rings. The van der Waals surface area contributed by atoms with Crippen LogP contribution >= 0.6 is 0 Å². The molecule has 0 saturated carbocycles. The standard InChI is InChI=1S/C19H18N4O/c1-14(19(24)23-21-13-15-8-10-20-11-9-15)22-18-7-6-16-4-2-3-5-17(16)12-18/h2-14,22H,1H3,(H,23,24)/b21-13-/t14-/m1/s1. The Morgan fingerprint density at radius 1 is 1.08 bits per heavy atom. The number of pyridine rings is 1. The van der Waals surface area contributed by atoms with Crippen molar-refractivity contribution in [2.24, 2.45) is 5.10 Å². The topological polar surface area (TPSA) is 66.4 Å². The van der Waals surface area contributed by atoms with Crippen molar-refractivity contribution < 1.29 is 4.79 Å². The molecule has 0 saturated heterocycles. The predicted octanol–water partition coefficient (Wildman–Crippen LogP) is 3.19. The molecule has 1 amide bonds. The normalized spacial score (nSPS) is 12.2. The van der Waals surface area contributed by atoms with Gasteiger partial charge in [0.15, 0.2) is 0 Å². The summed E-state index contributed by atoms with van der Waals surface area (Å²) in [5.74, 6) is -0.200. The van der Waals surface area contributed by atoms with Crippen molar-refractivity contribution in [2.75, 3.05) is 5.32 Å². The molecule has 2 aromatic carbocycles. The van der Waals surface area contributed by atoms with Crippen LogP contribution in [0.3, 0.4) is 0 Å². The number of hydrogen-bond donors (Lipinski definition) is 2. The van der Waals surface area contributed by atoms with Crippen LogP contribution in [0.4, 0.5) is 5.69 Å². The summed E-state index contributed by atoms with van der Waals surface area (Å²) in [5, 5.41) is 9.45. The van der Waals surface area contributed by atoms with Crippen LogP contribution in [0.2, 0.25) is 0 Å². The maximum absolute atomic E-state index is 12.1. The first-order valence-electron chi connectivity index (χ1n) is 7.71. The highest BCUT2D eigenvalue weighted by Gasteiger charge is 2.11. The minimum Gasteiger partial charge on any atom is -0.374 e. The van der Waals surface area contributed by atoms with E-state index in [9.17, 15) is 4.79 Å². The van der Waals surface area contributed by atoms with Crippen molar-refractivity contribution in [3.05, 3.63) is 72.6 Å². The molecule has 1 heterocycles. The lowest BCUT2D eigenvalue weighted by molar-refractivity contribution is -0.121. The van der Waals surface area contributed by atoms with Crippen LogP contribution in [-0.4, -0.2) is 23.1 Å². The zero-order valence-electron chi connectivity index (χ0n) is 13.3. The van der Waals surface area contributed by atoms with Gasteiger partial charge in [-0.15, -0.1) is 0 Å². The summed E-state index contributed by atoms with van der Waals surface area (Å²) < 4.78 is 0. The van der Waals surface area contributed by atoms with Gasteiger partial charge in [-0.05, 0) is 47.5 Å². The van der Waals surface area contributed by atoms with Crippen LogP contribution in [0, 0.1) is 0 Å². The van der Waals surface area contributed by atoms with Crippen LogP contribution < -0.4 is 10.7 Å². The molecule has 0 radical (unpaired) electrons. The minimum atomic E-state index is -0.402. The van der Waals surface area contributed by atoms with Crippen molar-refractivity contribution in [3.8, 4) is 0 Å². The fourth-order valence-electron chi connectivity index (χ4n) is 2.31. The fraction of sp³-hybridized carbons (Fsp3) is 0.105. The Kier molecular flexibility index (Phi) is 4.81. The molecule has 0 unspecified atom stereocenters. The van der Waals surface area contributed by atoms with Gasteiger partial charge in [-0.1, -0.05) is 30.3 Å². The van der Waals surface area contributed by atoms with Crippen molar-refractivity contribution in [3.63, 3.8) is 0 Å². The first-order chi connectivity index (χ1) is 11.7. The van der Waals surface area contributed by atoms with E-state index >= 15 is 0 Å². The smallest absolute Gasteiger partial charge is 0.262 e. The highest BCUT2D eigenvalue weighted by molar-refractivity contribution is 5.89. The molecule has 1 aromatic heterocycles. The van der Waals surface area contributed by atoms with E-state index in [4.69, 9.17) is 0 Å². The van der Waals surface area contributed by atoms with Gasteiger partial charge in [0, 0.05) is 18.1 Å². The van der Waals surface area contributed by atoms with Gasteiger partial charge in [-0.3, -0.25) is 9.78 Å². The van der Waals surface area contributed by atoms with E-state index in [-0.39, 0.29) is 5.91 Å². The van der Waals surface area contributed by atoms with Crippen molar-refractivity contribution in [2.45, 2.75) is 13.0 Å². The molecule has 5 heteroatoms. The van der Waals surface area contributed by atoms with Crippen LogP contribution in [0.1, 0.15) is 12.5 Å². The SMILES string of the molecule is C[C@@H](Nc1ccc2ccccc2c1)C(=O)N/N=C\c1ccncc1. The van der Waals surface area contributed by atoms with Gasteiger partial charge in [-0.2, -0.15) is 5.10 Å². The van der Waals surface area contributed by atoms with Crippen LogP contribution in [0.25, 0.3) is 10.8 Å². The number of carbonyl (C=O) groups excluding carboxylic acids is 1. The summed E-state index contributed by atoms with van der Waals surface area (Å²) in [6.45, 7) is 1.80. The number of benzene rings is 2. The second kappa shape index (κ2) is 7.37. The van der Waals surface area contributed by atoms with Crippen molar-refractivity contribution >= 4 is 28.6 Å². The molecule has 0 bridgehead atoms. The maximum atomic E-state index is 12.1. The van der Waals surface area contributed by atoms with E-state index < -0.39 is 6.04 Å². The molecule has 3 rings (SSSR count). The van der Waals surface area contributed by atoms with Crippen molar-refractivity contribution in [1.29, 1.82) is 0 Å². The third kappa shape index (κ3) is 3.95. The van der Waals surface area contributed by atoms with Gasteiger partial charge in [0.1, 0.15) is 6.04 Å². The zero-order valence-corrected chi connectivity index (χ0v) is 13.3. The number of hydrogen-bond acceptors (Lipinski definition) is 4. The Bertz CT molecular complexity index is 861. The highest BCUT2D eigenvalue weighted by atomic mass is 16.2. The fourth-order valence-corrected chi connectivity index (χ4v) is 2.31. The molecule has 5 nitrogen and oxygen atoms in total. The second-order valence-corrected chi connectivity index (χ2v) is 5.44. The number of carbonyl (C=O) groups is 1. The number of rotatable bonds is 5. The summed E-state index contributed by atoms with van der Waals surface area (Å²) >= 11 is 0. The molecule has 1 atom stereocenters. The second-order valence-electron chi connectivity index (χ2n) is 5.44. The number of nitrogens with zero attached hydrogens (tertiary/aromatic N) is 2. The highest BCUT2D eigenvalue weighted by Crippen LogP contribution is 2.19. The van der Waals surface area contributed by atoms with Crippen molar-refractivity contribution in [1.82, 2.24) is 10.4 Å². The largest absolute Gasteiger partial charge is 0.374 e. The number of aromatic nitrogens is 1.